The van der Waals surface area contributed by atoms with Crippen LogP contribution in [0.15, 0.2) is 18.3 Å². The van der Waals surface area contributed by atoms with E-state index in [0.29, 0.717) is 11.5 Å². The Hall–Kier alpha value is -2.13. The summed E-state index contributed by atoms with van der Waals surface area (Å²) in [5.74, 6) is 1.61. The molecule has 0 saturated carbocycles. The van der Waals surface area contributed by atoms with E-state index in [1.54, 1.807) is 12.3 Å². The number of carbonyl (C=O) groups is 1. The largest absolute Gasteiger partial charge is 0.381 e. The molecule has 1 N–H and O–H groups in total. The number of carbonyl (C=O) groups excluding carboxylic acids is 1. The summed E-state index contributed by atoms with van der Waals surface area (Å²) in [5, 5.41) is 11.9. The van der Waals surface area contributed by atoms with Crippen molar-refractivity contribution in [3.63, 3.8) is 0 Å². The van der Waals surface area contributed by atoms with Gasteiger partial charge in [-0.15, -0.1) is 0 Å². The third-order valence-corrected chi connectivity index (χ3v) is 4.66. The number of ether oxygens (including phenoxy) is 1. The fraction of sp³-hybridized carbons (Fsp3) is 0.588. The smallest absolute Gasteiger partial charge is 0.223 e. The van der Waals surface area contributed by atoms with Crippen molar-refractivity contribution in [3.8, 4) is 6.07 Å². The van der Waals surface area contributed by atoms with Gasteiger partial charge in [-0.3, -0.25) is 4.79 Å². The van der Waals surface area contributed by atoms with Gasteiger partial charge in [0.25, 0.3) is 0 Å². The first-order chi connectivity index (χ1) is 11.3. The van der Waals surface area contributed by atoms with Gasteiger partial charge in [0.1, 0.15) is 11.9 Å². The van der Waals surface area contributed by atoms with E-state index >= 15 is 0 Å². The van der Waals surface area contributed by atoms with Crippen LogP contribution in [0.3, 0.4) is 0 Å². The number of amides is 1. The molecule has 2 saturated heterocycles. The summed E-state index contributed by atoms with van der Waals surface area (Å²) in [5.41, 5.74) is 0.568. The summed E-state index contributed by atoms with van der Waals surface area (Å²) in [4.78, 5) is 18.8. The third-order valence-electron chi connectivity index (χ3n) is 4.66. The van der Waals surface area contributed by atoms with E-state index in [2.05, 4.69) is 21.3 Å². The topological polar surface area (TPSA) is 78.2 Å². The van der Waals surface area contributed by atoms with Crippen LogP contribution >= 0.6 is 0 Å². The second kappa shape index (κ2) is 7.42. The van der Waals surface area contributed by atoms with E-state index < -0.39 is 0 Å². The Labute approximate surface area is 136 Å². The second-order valence-electron chi connectivity index (χ2n) is 6.25. The molecule has 0 aliphatic carbocycles. The molecule has 0 bridgehead atoms. The molecule has 2 aliphatic heterocycles. The zero-order chi connectivity index (χ0) is 16.1. The minimum atomic E-state index is 0.0898. The number of nitrogens with one attached hydrogen (secondary N) is 1. The van der Waals surface area contributed by atoms with Gasteiger partial charge in [0, 0.05) is 44.3 Å². The zero-order valence-corrected chi connectivity index (χ0v) is 13.2. The first-order valence-electron chi connectivity index (χ1n) is 8.23. The van der Waals surface area contributed by atoms with E-state index in [4.69, 9.17) is 10.00 Å². The number of nitriles is 1. The van der Waals surface area contributed by atoms with Crippen molar-refractivity contribution in [1.82, 2.24) is 10.3 Å². The summed E-state index contributed by atoms with van der Waals surface area (Å²) in [6.07, 6.45) is 4.32. The van der Waals surface area contributed by atoms with Gasteiger partial charge in [-0.25, -0.2) is 4.98 Å². The monoisotopic (exact) mass is 314 g/mol. The Morgan fingerprint density at radius 1 is 1.39 bits per heavy atom. The van der Waals surface area contributed by atoms with Gasteiger partial charge >= 0.3 is 0 Å². The van der Waals surface area contributed by atoms with Crippen LogP contribution in [0.1, 0.15) is 24.8 Å². The number of rotatable bonds is 4. The standard InChI is InChI=1S/C17H22N4O2/c18-9-13-1-2-16(19-10-13)21-6-3-15(4-7-21)17(22)20-11-14-5-8-23-12-14/h1-2,10,14-15H,3-8,11-12H2,(H,20,22)/t14-/m0/s1. The van der Waals surface area contributed by atoms with Gasteiger partial charge in [-0.05, 0) is 31.4 Å². The van der Waals surface area contributed by atoms with E-state index in [9.17, 15) is 4.79 Å². The van der Waals surface area contributed by atoms with Gasteiger partial charge < -0.3 is 15.0 Å². The molecule has 2 fully saturated rings. The molecule has 0 unspecified atom stereocenters. The lowest BCUT2D eigenvalue weighted by atomic mass is 9.95. The SMILES string of the molecule is N#Cc1ccc(N2CCC(C(=O)NC[C@@H]3CCOC3)CC2)nc1. The molecule has 0 spiro atoms. The summed E-state index contributed by atoms with van der Waals surface area (Å²) < 4.78 is 5.33. The van der Waals surface area contributed by atoms with E-state index in [1.165, 1.54) is 0 Å². The van der Waals surface area contributed by atoms with Crippen LogP contribution < -0.4 is 10.2 Å². The molecular weight excluding hydrogens is 292 g/mol. The number of hydrogen-bond acceptors (Lipinski definition) is 5. The highest BCUT2D eigenvalue weighted by Gasteiger charge is 2.26. The number of piperidine rings is 1. The van der Waals surface area contributed by atoms with E-state index in [0.717, 1.165) is 57.9 Å². The molecule has 3 rings (SSSR count). The maximum absolute atomic E-state index is 12.3. The summed E-state index contributed by atoms with van der Waals surface area (Å²) >= 11 is 0. The molecule has 23 heavy (non-hydrogen) atoms. The van der Waals surface area contributed by atoms with Crippen molar-refractivity contribution in [1.29, 1.82) is 5.26 Å². The Kier molecular flexibility index (Phi) is 5.09. The van der Waals surface area contributed by atoms with Gasteiger partial charge in [0.2, 0.25) is 5.91 Å². The average molecular weight is 314 g/mol. The number of hydrogen-bond donors (Lipinski definition) is 1. The van der Waals surface area contributed by atoms with Crippen molar-refractivity contribution in [2.45, 2.75) is 19.3 Å². The van der Waals surface area contributed by atoms with Crippen molar-refractivity contribution >= 4 is 11.7 Å². The molecule has 1 aromatic heterocycles. The fourth-order valence-electron chi connectivity index (χ4n) is 3.14. The van der Waals surface area contributed by atoms with Gasteiger partial charge in [-0.2, -0.15) is 5.26 Å². The molecule has 6 nitrogen and oxygen atoms in total. The van der Waals surface area contributed by atoms with Crippen LogP contribution in [0.25, 0.3) is 0 Å². The van der Waals surface area contributed by atoms with Crippen molar-refractivity contribution in [2.24, 2.45) is 11.8 Å². The molecule has 0 radical (unpaired) electrons. The highest BCUT2D eigenvalue weighted by Crippen LogP contribution is 2.22. The van der Waals surface area contributed by atoms with Crippen LogP contribution in [0.5, 0.6) is 0 Å². The Morgan fingerprint density at radius 2 is 2.22 bits per heavy atom. The Morgan fingerprint density at radius 3 is 2.83 bits per heavy atom. The molecule has 1 atom stereocenters. The highest BCUT2D eigenvalue weighted by molar-refractivity contribution is 5.79. The maximum Gasteiger partial charge on any atom is 0.223 e. The molecule has 0 aromatic carbocycles. The number of anilines is 1. The third kappa shape index (κ3) is 3.99. The lowest BCUT2D eigenvalue weighted by Gasteiger charge is -2.32. The highest BCUT2D eigenvalue weighted by atomic mass is 16.5. The van der Waals surface area contributed by atoms with Crippen LogP contribution in [0, 0.1) is 23.2 Å². The molecule has 1 amide bonds. The number of aromatic nitrogens is 1. The summed E-state index contributed by atoms with van der Waals surface area (Å²) in [6, 6.07) is 5.73. The van der Waals surface area contributed by atoms with Gasteiger partial charge in [-0.1, -0.05) is 0 Å². The van der Waals surface area contributed by atoms with Gasteiger partial charge in [0.05, 0.1) is 12.2 Å². The van der Waals surface area contributed by atoms with Gasteiger partial charge in [0.15, 0.2) is 0 Å². The number of pyridine rings is 1. The van der Waals surface area contributed by atoms with Crippen molar-refractivity contribution in [2.75, 3.05) is 37.7 Å². The molecular formula is C17H22N4O2. The molecule has 2 aliphatic rings. The van der Waals surface area contributed by atoms with Crippen molar-refractivity contribution in [3.05, 3.63) is 23.9 Å². The second-order valence-corrected chi connectivity index (χ2v) is 6.25. The normalized spacial score (nSPS) is 21.9. The maximum atomic E-state index is 12.3. The minimum Gasteiger partial charge on any atom is -0.381 e. The van der Waals surface area contributed by atoms with Crippen molar-refractivity contribution < 1.29 is 9.53 Å². The lowest BCUT2D eigenvalue weighted by Crippen LogP contribution is -2.42. The average Bonchev–Trinajstić information content (AvgIpc) is 3.13. The Bertz CT molecular complexity index is 567. The predicted octanol–water partition coefficient (Wildman–Crippen LogP) is 1.32. The van der Waals surface area contributed by atoms with E-state index in [-0.39, 0.29) is 11.8 Å². The quantitative estimate of drug-likeness (QED) is 0.907. The first-order valence-corrected chi connectivity index (χ1v) is 8.23. The summed E-state index contributed by atoms with van der Waals surface area (Å²) in [7, 11) is 0. The molecule has 3 heterocycles. The zero-order valence-electron chi connectivity index (χ0n) is 13.2. The van der Waals surface area contributed by atoms with E-state index in [1.807, 2.05) is 6.07 Å². The lowest BCUT2D eigenvalue weighted by molar-refractivity contribution is -0.125. The predicted molar refractivity (Wildman–Crippen MR) is 85.8 cm³/mol. The van der Waals surface area contributed by atoms with Crippen LogP contribution in [-0.2, 0) is 9.53 Å². The van der Waals surface area contributed by atoms with Crippen LogP contribution in [0.4, 0.5) is 5.82 Å². The first kappa shape index (κ1) is 15.8. The van der Waals surface area contributed by atoms with Crippen LogP contribution in [0.2, 0.25) is 0 Å². The molecule has 1 aromatic rings. The number of nitrogens with zero attached hydrogens (tertiary/aromatic N) is 3. The molecule has 122 valence electrons. The summed E-state index contributed by atoms with van der Waals surface area (Å²) in [6.45, 7) is 3.96. The molecule has 6 heteroatoms. The Balaban J connectivity index is 1.45. The minimum absolute atomic E-state index is 0.0898. The van der Waals surface area contributed by atoms with Crippen LogP contribution in [-0.4, -0.2) is 43.7 Å². The fourth-order valence-corrected chi connectivity index (χ4v) is 3.14.